The molecule has 0 saturated carbocycles. The minimum Gasteiger partial charge on any atom is -0.288 e. The fourth-order valence-electron chi connectivity index (χ4n) is 2.10. The van der Waals surface area contributed by atoms with E-state index in [9.17, 15) is 13.6 Å². The van der Waals surface area contributed by atoms with E-state index in [2.05, 4.69) is 0 Å². The van der Waals surface area contributed by atoms with E-state index in [4.69, 9.17) is 0 Å². The Morgan fingerprint density at radius 1 is 1.00 bits per heavy atom. The molecule has 20 heavy (non-hydrogen) atoms. The van der Waals surface area contributed by atoms with Crippen LogP contribution in [0.5, 0.6) is 0 Å². The Hall–Kier alpha value is -2.07. The van der Waals surface area contributed by atoms with Crippen LogP contribution in [-0.4, -0.2) is 5.78 Å². The van der Waals surface area contributed by atoms with Crippen LogP contribution < -0.4 is 0 Å². The van der Waals surface area contributed by atoms with Crippen molar-refractivity contribution in [1.82, 2.24) is 0 Å². The van der Waals surface area contributed by atoms with Gasteiger partial charge >= 0.3 is 0 Å². The van der Waals surface area contributed by atoms with Gasteiger partial charge < -0.3 is 0 Å². The molecule has 0 aliphatic rings. The van der Waals surface area contributed by atoms with Crippen molar-refractivity contribution in [2.24, 2.45) is 0 Å². The molecule has 1 nitrogen and oxygen atoms in total. The first-order chi connectivity index (χ1) is 9.54. The summed E-state index contributed by atoms with van der Waals surface area (Å²) in [6.45, 7) is 1.76. The number of halogens is 2. The van der Waals surface area contributed by atoms with Gasteiger partial charge in [-0.05, 0) is 54.3 Å². The van der Waals surface area contributed by atoms with Crippen LogP contribution in [0.15, 0.2) is 42.5 Å². The Labute approximate surface area is 118 Å². The highest BCUT2D eigenvalue weighted by molar-refractivity contribution is 7.21. The van der Waals surface area contributed by atoms with Gasteiger partial charge in [0.05, 0.1) is 4.88 Å². The highest BCUT2D eigenvalue weighted by Crippen LogP contribution is 2.28. The molecule has 0 unspecified atom stereocenters. The van der Waals surface area contributed by atoms with E-state index in [0.29, 0.717) is 15.8 Å². The molecule has 0 radical (unpaired) electrons. The summed E-state index contributed by atoms with van der Waals surface area (Å²) in [4.78, 5) is 12.9. The zero-order valence-corrected chi connectivity index (χ0v) is 11.4. The number of aryl methyl sites for hydroxylation is 1. The fourth-order valence-corrected chi connectivity index (χ4v) is 3.09. The minimum absolute atomic E-state index is 0.233. The van der Waals surface area contributed by atoms with E-state index in [1.54, 1.807) is 25.1 Å². The molecular formula is C16H10F2OS. The number of thiophene rings is 1. The number of rotatable bonds is 2. The summed E-state index contributed by atoms with van der Waals surface area (Å²) in [5.74, 6) is -1.01. The van der Waals surface area contributed by atoms with Crippen molar-refractivity contribution in [2.75, 3.05) is 0 Å². The summed E-state index contributed by atoms with van der Waals surface area (Å²) in [6, 6.07) is 10.2. The molecule has 0 fully saturated rings. The van der Waals surface area contributed by atoms with Gasteiger partial charge in [-0.2, -0.15) is 0 Å². The Bertz CT molecular complexity index is 820. The number of ketones is 1. The number of hydrogen-bond acceptors (Lipinski definition) is 2. The molecule has 0 spiro atoms. The third-order valence-corrected chi connectivity index (χ3v) is 4.26. The maximum absolute atomic E-state index is 13.3. The van der Waals surface area contributed by atoms with Gasteiger partial charge in [0.25, 0.3) is 0 Å². The van der Waals surface area contributed by atoms with Gasteiger partial charge in [-0.3, -0.25) is 4.79 Å². The monoisotopic (exact) mass is 288 g/mol. The van der Waals surface area contributed by atoms with Gasteiger partial charge in [0.2, 0.25) is 5.78 Å². The molecule has 3 aromatic rings. The van der Waals surface area contributed by atoms with E-state index in [1.165, 1.54) is 35.6 Å². The summed E-state index contributed by atoms with van der Waals surface area (Å²) in [5, 5.41) is 0.687. The zero-order valence-electron chi connectivity index (χ0n) is 10.6. The van der Waals surface area contributed by atoms with E-state index < -0.39 is 5.82 Å². The van der Waals surface area contributed by atoms with Gasteiger partial charge in [0, 0.05) is 10.3 Å². The minimum atomic E-state index is -0.439. The molecular weight excluding hydrogens is 278 g/mol. The molecule has 0 bridgehead atoms. The van der Waals surface area contributed by atoms with E-state index in [-0.39, 0.29) is 11.6 Å². The first kappa shape index (κ1) is 12.9. The number of hydrogen-bond donors (Lipinski definition) is 0. The largest absolute Gasteiger partial charge is 0.288 e. The molecule has 3 rings (SSSR count). The second kappa shape index (κ2) is 4.80. The SMILES string of the molecule is Cc1ccc(F)cc1C(=O)c1cc2cc(F)ccc2s1. The van der Waals surface area contributed by atoms with Gasteiger partial charge in [0.15, 0.2) is 0 Å². The number of fused-ring (bicyclic) bond motifs is 1. The Morgan fingerprint density at radius 2 is 1.70 bits per heavy atom. The predicted octanol–water partition coefficient (Wildman–Crippen LogP) is 4.72. The van der Waals surface area contributed by atoms with Crippen LogP contribution in [0.4, 0.5) is 8.78 Å². The Balaban J connectivity index is 2.10. The highest BCUT2D eigenvalue weighted by atomic mass is 32.1. The van der Waals surface area contributed by atoms with Crippen LogP contribution in [0.2, 0.25) is 0 Å². The lowest BCUT2D eigenvalue weighted by molar-refractivity contribution is 0.104. The molecule has 0 saturated heterocycles. The summed E-state index contributed by atoms with van der Waals surface area (Å²) < 4.78 is 27.3. The summed E-state index contributed by atoms with van der Waals surface area (Å²) in [6.07, 6.45) is 0. The van der Waals surface area contributed by atoms with Crippen molar-refractivity contribution in [2.45, 2.75) is 6.92 Å². The lowest BCUT2D eigenvalue weighted by Gasteiger charge is -2.02. The number of carbonyl (C=O) groups is 1. The molecule has 0 aliphatic heterocycles. The average Bonchev–Trinajstić information content (AvgIpc) is 2.83. The van der Waals surface area contributed by atoms with Gasteiger partial charge in [0.1, 0.15) is 11.6 Å². The second-order valence-electron chi connectivity index (χ2n) is 4.58. The van der Waals surface area contributed by atoms with Crippen LogP contribution in [0.25, 0.3) is 10.1 Å². The lowest BCUT2D eigenvalue weighted by Crippen LogP contribution is -2.02. The van der Waals surface area contributed by atoms with Crippen LogP contribution in [-0.2, 0) is 0 Å². The molecule has 0 amide bonds. The van der Waals surface area contributed by atoms with E-state index in [0.717, 1.165) is 10.3 Å². The lowest BCUT2D eigenvalue weighted by atomic mass is 10.0. The molecule has 100 valence electrons. The average molecular weight is 288 g/mol. The molecule has 2 aromatic carbocycles. The second-order valence-corrected chi connectivity index (χ2v) is 5.66. The highest BCUT2D eigenvalue weighted by Gasteiger charge is 2.15. The molecule has 0 aliphatic carbocycles. The summed E-state index contributed by atoms with van der Waals surface area (Å²) in [5.41, 5.74) is 1.07. The van der Waals surface area contributed by atoms with E-state index in [1.807, 2.05) is 0 Å². The maximum Gasteiger partial charge on any atom is 0.203 e. The van der Waals surface area contributed by atoms with Crippen molar-refractivity contribution in [3.8, 4) is 0 Å². The first-order valence-electron chi connectivity index (χ1n) is 6.04. The van der Waals surface area contributed by atoms with Gasteiger partial charge in [-0.15, -0.1) is 11.3 Å². The van der Waals surface area contributed by atoms with Crippen LogP contribution >= 0.6 is 11.3 Å². The molecule has 0 atom stereocenters. The zero-order chi connectivity index (χ0) is 14.3. The topological polar surface area (TPSA) is 17.1 Å². The van der Waals surface area contributed by atoms with Gasteiger partial charge in [-0.1, -0.05) is 6.07 Å². The third kappa shape index (κ3) is 2.23. The van der Waals surface area contributed by atoms with Crippen molar-refractivity contribution < 1.29 is 13.6 Å². The molecule has 4 heteroatoms. The van der Waals surface area contributed by atoms with Crippen LogP contribution in [0.3, 0.4) is 0 Å². The van der Waals surface area contributed by atoms with Crippen molar-refractivity contribution in [3.05, 3.63) is 70.1 Å². The molecule has 0 N–H and O–H groups in total. The van der Waals surface area contributed by atoms with Crippen LogP contribution in [0.1, 0.15) is 20.8 Å². The molecule has 1 heterocycles. The van der Waals surface area contributed by atoms with Crippen molar-refractivity contribution in [3.63, 3.8) is 0 Å². The standard InChI is InChI=1S/C16H10F2OS/c1-9-2-3-12(18)8-13(9)16(19)15-7-10-6-11(17)4-5-14(10)20-15/h2-8H,1H3. The van der Waals surface area contributed by atoms with Crippen LogP contribution in [0, 0.1) is 18.6 Å². The summed E-state index contributed by atoms with van der Waals surface area (Å²) >= 11 is 1.28. The maximum atomic E-state index is 13.3. The first-order valence-corrected chi connectivity index (χ1v) is 6.86. The number of benzene rings is 2. The quantitative estimate of drug-likeness (QED) is 0.624. The predicted molar refractivity (Wildman–Crippen MR) is 76.4 cm³/mol. The third-order valence-electron chi connectivity index (χ3n) is 3.15. The normalized spacial score (nSPS) is 10.9. The summed E-state index contributed by atoms with van der Waals surface area (Å²) in [7, 11) is 0. The Morgan fingerprint density at radius 3 is 2.50 bits per heavy atom. The van der Waals surface area contributed by atoms with Crippen molar-refractivity contribution >= 4 is 27.2 Å². The smallest absolute Gasteiger partial charge is 0.203 e. The number of carbonyl (C=O) groups excluding carboxylic acids is 1. The van der Waals surface area contributed by atoms with Gasteiger partial charge in [-0.25, -0.2) is 8.78 Å². The van der Waals surface area contributed by atoms with Crippen molar-refractivity contribution in [1.29, 1.82) is 0 Å². The Kier molecular flexibility index (Phi) is 3.10. The van der Waals surface area contributed by atoms with E-state index >= 15 is 0 Å². The molecule has 1 aromatic heterocycles. The fraction of sp³-hybridized carbons (Fsp3) is 0.0625.